The number of anilines is 1. The maximum Gasteiger partial charge on any atom is 0.433 e. The molecule has 0 aliphatic rings. The summed E-state index contributed by atoms with van der Waals surface area (Å²) in [5, 5.41) is 15.7. The third-order valence-corrected chi connectivity index (χ3v) is 2.72. The second kappa shape index (κ2) is 6.26. The number of rotatable bonds is 5. The van der Waals surface area contributed by atoms with Crippen molar-refractivity contribution in [3.05, 3.63) is 41.9 Å². The number of pyridine rings is 1. The topological polar surface area (TPSA) is 66.5 Å². The molecular formula is C13H12F3N5. The Morgan fingerprint density at radius 2 is 2.14 bits per heavy atom. The molecule has 110 valence electrons. The minimum atomic E-state index is -4.53. The molecule has 0 unspecified atom stereocenters. The highest BCUT2D eigenvalue weighted by Gasteiger charge is 2.33. The Morgan fingerprint density at radius 3 is 2.76 bits per heavy atom. The Hall–Kier alpha value is -2.56. The first kappa shape index (κ1) is 14.8. The lowest BCUT2D eigenvalue weighted by atomic mass is 10.2. The minimum absolute atomic E-state index is 0.0483. The summed E-state index contributed by atoms with van der Waals surface area (Å²) in [4.78, 5) is 3.47. The van der Waals surface area contributed by atoms with E-state index in [9.17, 15) is 13.2 Å². The maximum absolute atomic E-state index is 12.6. The Kier molecular flexibility index (Phi) is 4.42. The van der Waals surface area contributed by atoms with Crippen LogP contribution < -0.4 is 5.32 Å². The quantitative estimate of drug-likeness (QED) is 0.861. The van der Waals surface area contributed by atoms with Crippen LogP contribution in [0.1, 0.15) is 17.7 Å². The second-order valence-electron chi connectivity index (χ2n) is 4.25. The number of hydrogen-bond donors (Lipinski definition) is 1. The van der Waals surface area contributed by atoms with Crippen molar-refractivity contribution in [1.29, 1.82) is 5.26 Å². The fraction of sp³-hybridized carbons (Fsp3) is 0.308. The molecule has 5 nitrogen and oxygen atoms in total. The average Bonchev–Trinajstić information content (AvgIpc) is 2.95. The summed E-state index contributed by atoms with van der Waals surface area (Å²) in [6.45, 7) is 1.02. The summed E-state index contributed by atoms with van der Waals surface area (Å²) >= 11 is 0. The summed E-state index contributed by atoms with van der Waals surface area (Å²) in [7, 11) is 0. The Bertz CT molecular complexity index is 628. The van der Waals surface area contributed by atoms with Crippen molar-refractivity contribution >= 4 is 5.82 Å². The molecule has 0 fully saturated rings. The molecule has 0 aromatic carbocycles. The largest absolute Gasteiger partial charge is 0.433 e. The van der Waals surface area contributed by atoms with Crippen molar-refractivity contribution in [2.75, 3.05) is 11.9 Å². The second-order valence-corrected chi connectivity index (χ2v) is 4.25. The molecule has 2 rings (SSSR count). The van der Waals surface area contributed by atoms with Gasteiger partial charge in [-0.3, -0.25) is 4.68 Å². The van der Waals surface area contributed by atoms with E-state index in [0.717, 1.165) is 12.1 Å². The van der Waals surface area contributed by atoms with Crippen molar-refractivity contribution in [3.63, 3.8) is 0 Å². The van der Waals surface area contributed by atoms with Gasteiger partial charge >= 0.3 is 6.18 Å². The molecule has 0 amide bonds. The number of nitrogens with zero attached hydrogens (tertiary/aromatic N) is 4. The van der Waals surface area contributed by atoms with E-state index < -0.39 is 11.9 Å². The molecule has 2 aromatic heterocycles. The van der Waals surface area contributed by atoms with E-state index in [-0.39, 0.29) is 11.4 Å². The number of aryl methyl sites for hydroxylation is 1. The van der Waals surface area contributed by atoms with Gasteiger partial charge in [-0.05, 0) is 24.6 Å². The first-order valence-corrected chi connectivity index (χ1v) is 6.20. The van der Waals surface area contributed by atoms with Crippen molar-refractivity contribution in [2.24, 2.45) is 0 Å². The molecule has 0 saturated heterocycles. The van der Waals surface area contributed by atoms with Gasteiger partial charge in [0.15, 0.2) is 0 Å². The van der Waals surface area contributed by atoms with E-state index in [1.807, 2.05) is 6.07 Å². The van der Waals surface area contributed by atoms with E-state index in [2.05, 4.69) is 15.4 Å². The molecule has 0 bridgehead atoms. The third-order valence-electron chi connectivity index (χ3n) is 2.72. The fourth-order valence-electron chi connectivity index (χ4n) is 1.72. The van der Waals surface area contributed by atoms with Gasteiger partial charge in [0.25, 0.3) is 0 Å². The van der Waals surface area contributed by atoms with Crippen LogP contribution in [0.3, 0.4) is 0 Å². The van der Waals surface area contributed by atoms with Crippen molar-refractivity contribution < 1.29 is 13.2 Å². The van der Waals surface area contributed by atoms with E-state index in [0.29, 0.717) is 19.5 Å². The molecule has 8 heteroatoms. The zero-order valence-corrected chi connectivity index (χ0v) is 10.9. The number of alkyl halides is 3. The number of aromatic nitrogens is 3. The van der Waals surface area contributed by atoms with E-state index in [1.165, 1.54) is 0 Å². The van der Waals surface area contributed by atoms with E-state index >= 15 is 0 Å². The normalized spacial score (nSPS) is 11.1. The van der Waals surface area contributed by atoms with E-state index in [1.54, 1.807) is 23.1 Å². The van der Waals surface area contributed by atoms with Crippen LogP contribution in [-0.2, 0) is 12.7 Å². The van der Waals surface area contributed by atoms with Crippen LogP contribution in [0, 0.1) is 11.3 Å². The molecule has 0 aliphatic heterocycles. The van der Waals surface area contributed by atoms with Crippen LogP contribution in [0.15, 0.2) is 30.6 Å². The number of halogens is 3. The molecule has 0 saturated carbocycles. The average molecular weight is 295 g/mol. The molecule has 2 aromatic rings. The predicted molar refractivity (Wildman–Crippen MR) is 69.3 cm³/mol. The van der Waals surface area contributed by atoms with Gasteiger partial charge in [0, 0.05) is 25.5 Å². The maximum atomic E-state index is 12.6. The lowest BCUT2D eigenvalue weighted by Gasteiger charge is -2.11. The van der Waals surface area contributed by atoms with Crippen LogP contribution in [0.5, 0.6) is 0 Å². The molecule has 0 spiro atoms. The molecular weight excluding hydrogens is 283 g/mol. The Balaban J connectivity index is 1.99. The summed E-state index contributed by atoms with van der Waals surface area (Å²) in [5.41, 5.74) is -0.932. The van der Waals surface area contributed by atoms with Gasteiger partial charge in [0.05, 0.1) is 5.56 Å². The fourth-order valence-corrected chi connectivity index (χ4v) is 1.72. The molecule has 2 heterocycles. The number of nitrogens with one attached hydrogen (secondary N) is 1. The highest BCUT2D eigenvalue weighted by Crippen LogP contribution is 2.29. The number of nitriles is 1. The van der Waals surface area contributed by atoms with Gasteiger partial charge in [0.2, 0.25) is 0 Å². The zero-order valence-electron chi connectivity index (χ0n) is 10.9. The van der Waals surface area contributed by atoms with Crippen LogP contribution >= 0.6 is 0 Å². The van der Waals surface area contributed by atoms with E-state index in [4.69, 9.17) is 5.26 Å². The third kappa shape index (κ3) is 3.95. The van der Waals surface area contributed by atoms with Crippen molar-refractivity contribution in [1.82, 2.24) is 14.8 Å². The molecule has 0 aliphatic carbocycles. The minimum Gasteiger partial charge on any atom is -0.369 e. The van der Waals surface area contributed by atoms with Gasteiger partial charge in [-0.2, -0.15) is 23.5 Å². The summed E-state index contributed by atoms with van der Waals surface area (Å²) in [5.74, 6) is -0.0483. The van der Waals surface area contributed by atoms with Crippen molar-refractivity contribution in [2.45, 2.75) is 19.1 Å². The standard InChI is InChI=1S/C13H12F3N5/c14-13(15,16)11-4-3-10(9-17)12(20-11)18-5-1-7-21-8-2-6-19-21/h2-4,6,8H,1,5,7H2,(H,18,20). The first-order chi connectivity index (χ1) is 10.0. The van der Waals surface area contributed by atoms with Crippen LogP contribution in [-0.4, -0.2) is 21.3 Å². The van der Waals surface area contributed by atoms with Gasteiger partial charge < -0.3 is 5.32 Å². The molecule has 1 N–H and O–H groups in total. The first-order valence-electron chi connectivity index (χ1n) is 6.20. The lowest BCUT2D eigenvalue weighted by molar-refractivity contribution is -0.141. The summed E-state index contributed by atoms with van der Waals surface area (Å²) in [6, 6.07) is 5.52. The monoisotopic (exact) mass is 295 g/mol. The lowest BCUT2D eigenvalue weighted by Crippen LogP contribution is -2.13. The number of hydrogen-bond acceptors (Lipinski definition) is 4. The molecule has 0 atom stereocenters. The zero-order chi connectivity index (χ0) is 15.3. The van der Waals surface area contributed by atoms with Crippen LogP contribution in [0.4, 0.5) is 19.0 Å². The van der Waals surface area contributed by atoms with Gasteiger partial charge in [0.1, 0.15) is 17.6 Å². The summed E-state index contributed by atoms with van der Waals surface area (Å²) in [6.07, 6.45) is -0.442. The van der Waals surface area contributed by atoms with Crippen LogP contribution in [0.2, 0.25) is 0 Å². The predicted octanol–water partition coefficient (Wildman–Crippen LogP) is 2.67. The smallest absolute Gasteiger partial charge is 0.369 e. The highest BCUT2D eigenvalue weighted by molar-refractivity contribution is 5.52. The highest BCUT2D eigenvalue weighted by atomic mass is 19.4. The molecule has 0 radical (unpaired) electrons. The Labute approximate surface area is 119 Å². The van der Waals surface area contributed by atoms with Crippen LogP contribution in [0.25, 0.3) is 0 Å². The summed E-state index contributed by atoms with van der Waals surface area (Å²) < 4.78 is 39.5. The van der Waals surface area contributed by atoms with Gasteiger partial charge in [-0.1, -0.05) is 0 Å². The van der Waals surface area contributed by atoms with Gasteiger partial charge in [-0.15, -0.1) is 0 Å². The van der Waals surface area contributed by atoms with Gasteiger partial charge in [-0.25, -0.2) is 4.98 Å². The SMILES string of the molecule is N#Cc1ccc(C(F)(F)F)nc1NCCCn1cccn1. The van der Waals surface area contributed by atoms with Crippen molar-refractivity contribution in [3.8, 4) is 6.07 Å². The molecule has 21 heavy (non-hydrogen) atoms. The Morgan fingerprint density at radius 1 is 1.33 bits per heavy atom.